The number of hydrogen-bond acceptors (Lipinski definition) is 5. The molecular weight excluding hydrogens is 334 g/mol. The van der Waals surface area contributed by atoms with Crippen molar-refractivity contribution in [2.24, 2.45) is 5.92 Å². The van der Waals surface area contributed by atoms with Crippen LogP contribution in [0.4, 0.5) is 0 Å². The van der Waals surface area contributed by atoms with Gasteiger partial charge in [-0.1, -0.05) is 11.6 Å². The fourth-order valence-electron chi connectivity index (χ4n) is 2.64. The molecule has 1 fully saturated rings. The lowest BCUT2D eigenvalue weighted by molar-refractivity contribution is -0.148. The van der Waals surface area contributed by atoms with Crippen LogP contribution in [-0.2, 0) is 20.7 Å². The molecule has 1 aromatic carbocycles. The summed E-state index contributed by atoms with van der Waals surface area (Å²) in [5.41, 5.74) is 0.654. The van der Waals surface area contributed by atoms with Crippen molar-refractivity contribution in [2.45, 2.75) is 32.2 Å². The smallest absolute Gasteiger partial charge is 0.310 e. The molecule has 3 rings (SSSR count). The molecule has 6 nitrogen and oxygen atoms in total. The SMILES string of the molecule is CC(NC(=O)COC(=O)Cc1cc(Cl)c2c(c1)OCCO2)C1CC1. The van der Waals surface area contributed by atoms with E-state index >= 15 is 0 Å². The molecule has 1 unspecified atom stereocenters. The summed E-state index contributed by atoms with van der Waals surface area (Å²) < 4.78 is 15.9. The number of esters is 1. The van der Waals surface area contributed by atoms with Gasteiger partial charge in [-0.05, 0) is 43.4 Å². The molecule has 1 N–H and O–H groups in total. The van der Waals surface area contributed by atoms with Crippen LogP contribution < -0.4 is 14.8 Å². The maximum Gasteiger partial charge on any atom is 0.310 e. The Kier molecular flexibility index (Phi) is 5.14. The van der Waals surface area contributed by atoms with E-state index < -0.39 is 5.97 Å². The van der Waals surface area contributed by atoms with Crippen molar-refractivity contribution in [3.8, 4) is 11.5 Å². The van der Waals surface area contributed by atoms with Gasteiger partial charge >= 0.3 is 5.97 Å². The van der Waals surface area contributed by atoms with Gasteiger partial charge in [0, 0.05) is 6.04 Å². The third kappa shape index (κ3) is 4.32. The number of rotatable bonds is 6. The molecule has 7 heteroatoms. The van der Waals surface area contributed by atoms with Gasteiger partial charge in [-0.15, -0.1) is 0 Å². The summed E-state index contributed by atoms with van der Waals surface area (Å²) in [6.07, 6.45) is 2.31. The van der Waals surface area contributed by atoms with Gasteiger partial charge in [0.05, 0.1) is 11.4 Å². The van der Waals surface area contributed by atoms with Crippen LogP contribution >= 0.6 is 11.6 Å². The van der Waals surface area contributed by atoms with E-state index in [1.807, 2.05) is 6.92 Å². The Hall–Kier alpha value is -1.95. The molecule has 2 aliphatic rings. The van der Waals surface area contributed by atoms with Gasteiger partial charge in [0.15, 0.2) is 18.1 Å². The van der Waals surface area contributed by atoms with Crippen molar-refractivity contribution in [1.29, 1.82) is 0 Å². The first-order chi connectivity index (χ1) is 11.5. The predicted molar refractivity (Wildman–Crippen MR) is 87.4 cm³/mol. The molecule has 0 bridgehead atoms. The second-order valence-corrected chi connectivity index (χ2v) is 6.54. The predicted octanol–water partition coefficient (Wildman–Crippen LogP) is 2.11. The molecule has 1 aromatic rings. The third-order valence-electron chi connectivity index (χ3n) is 4.09. The number of halogens is 1. The van der Waals surface area contributed by atoms with Crippen molar-refractivity contribution >= 4 is 23.5 Å². The molecule has 0 spiro atoms. The number of carbonyl (C=O) groups excluding carboxylic acids is 2. The second kappa shape index (κ2) is 7.30. The summed E-state index contributed by atoms with van der Waals surface area (Å²) >= 11 is 6.13. The Morgan fingerprint density at radius 2 is 2.08 bits per heavy atom. The van der Waals surface area contributed by atoms with E-state index in [0.29, 0.717) is 41.2 Å². The zero-order valence-corrected chi connectivity index (χ0v) is 14.2. The van der Waals surface area contributed by atoms with Crippen LogP contribution in [0.1, 0.15) is 25.3 Å². The topological polar surface area (TPSA) is 73.9 Å². The molecular formula is C17H20ClNO5. The monoisotopic (exact) mass is 353 g/mol. The van der Waals surface area contributed by atoms with Crippen LogP contribution in [-0.4, -0.2) is 37.7 Å². The quantitative estimate of drug-likeness (QED) is 0.793. The Morgan fingerprint density at radius 3 is 2.83 bits per heavy atom. The molecule has 1 amide bonds. The Balaban J connectivity index is 1.49. The Morgan fingerprint density at radius 1 is 1.33 bits per heavy atom. The van der Waals surface area contributed by atoms with E-state index in [9.17, 15) is 9.59 Å². The first-order valence-corrected chi connectivity index (χ1v) is 8.43. The molecule has 1 heterocycles. The first kappa shape index (κ1) is 16.9. The van der Waals surface area contributed by atoms with Gasteiger partial charge in [0.2, 0.25) is 0 Å². The summed E-state index contributed by atoms with van der Waals surface area (Å²) in [5, 5.41) is 3.23. The van der Waals surface area contributed by atoms with Gasteiger partial charge in [-0.2, -0.15) is 0 Å². The van der Waals surface area contributed by atoms with Gasteiger partial charge in [0.1, 0.15) is 13.2 Å². The second-order valence-electron chi connectivity index (χ2n) is 6.13. The van der Waals surface area contributed by atoms with E-state index in [0.717, 1.165) is 12.8 Å². The van der Waals surface area contributed by atoms with Crippen LogP contribution in [0.15, 0.2) is 12.1 Å². The fourth-order valence-corrected chi connectivity index (χ4v) is 2.93. The molecule has 1 atom stereocenters. The number of nitrogens with one attached hydrogen (secondary N) is 1. The average Bonchev–Trinajstić information content (AvgIpc) is 3.38. The van der Waals surface area contributed by atoms with Gasteiger partial charge in [0.25, 0.3) is 5.91 Å². The molecule has 1 aliphatic heterocycles. The highest BCUT2D eigenvalue weighted by atomic mass is 35.5. The zero-order chi connectivity index (χ0) is 17.1. The van der Waals surface area contributed by atoms with Gasteiger partial charge < -0.3 is 19.5 Å². The van der Waals surface area contributed by atoms with Crippen LogP contribution in [0.25, 0.3) is 0 Å². The number of hydrogen-bond donors (Lipinski definition) is 1. The lowest BCUT2D eigenvalue weighted by Gasteiger charge is -2.20. The number of carbonyl (C=O) groups is 2. The van der Waals surface area contributed by atoms with E-state index in [1.165, 1.54) is 0 Å². The van der Waals surface area contributed by atoms with E-state index in [-0.39, 0.29) is 25.0 Å². The van der Waals surface area contributed by atoms with Crippen molar-refractivity contribution in [1.82, 2.24) is 5.32 Å². The van der Waals surface area contributed by atoms with Crippen molar-refractivity contribution in [3.63, 3.8) is 0 Å². The van der Waals surface area contributed by atoms with Crippen LogP contribution in [0.3, 0.4) is 0 Å². The van der Waals surface area contributed by atoms with Gasteiger partial charge in [-0.3, -0.25) is 9.59 Å². The van der Waals surface area contributed by atoms with E-state index in [2.05, 4.69) is 5.32 Å². The van der Waals surface area contributed by atoms with Crippen molar-refractivity contribution < 1.29 is 23.8 Å². The molecule has 0 radical (unpaired) electrons. The number of amides is 1. The number of fused-ring (bicyclic) bond motifs is 1. The summed E-state index contributed by atoms with van der Waals surface area (Å²) in [7, 11) is 0. The summed E-state index contributed by atoms with van der Waals surface area (Å²) in [5.74, 6) is 0.811. The normalized spacial score (nSPS) is 17.1. The van der Waals surface area contributed by atoms with E-state index in [4.69, 9.17) is 25.8 Å². The third-order valence-corrected chi connectivity index (χ3v) is 4.37. The standard InChI is InChI=1S/C17H20ClNO5/c1-10(12-2-3-12)19-15(20)9-24-16(21)8-11-6-13(18)17-14(7-11)22-4-5-23-17/h6-7,10,12H,2-5,8-9H2,1H3,(H,19,20). The minimum Gasteiger partial charge on any atom is -0.486 e. The van der Waals surface area contributed by atoms with Crippen LogP contribution in [0.2, 0.25) is 5.02 Å². The molecule has 130 valence electrons. The maximum atomic E-state index is 11.9. The van der Waals surface area contributed by atoms with Crippen molar-refractivity contribution in [3.05, 3.63) is 22.7 Å². The lowest BCUT2D eigenvalue weighted by Crippen LogP contribution is -2.37. The molecule has 1 saturated carbocycles. The minimum absolute atomic E-state index is 0.0157. The Labute approximate surface area is 145 Å². The highest BCUT2D eigenvalue weighted by Gasteiger charge is 2.29. The van der Waals surface area contributed by atoms with E-state index in [1.54, 1.807) is 12.1 Å². The van der Waals surface area contributed by atoms with Crippen molar-refractivity contribution in [2.75, 3.05) is 19.8 Å². The molecule has 0 saturated heterocycles. The largest absolute Gasteiger partial charge is 0.486 e. The minimum atomic E-state index is -0.489. The van der Waals surface area contributed by atoms with Crippen LogP contribution in [0, 0.1) is 5.92 Å². The first-order valence-electron chi connectivity index (χ1n) is 8.06. The molecule has 0 aromatic heterocycles. The molecule has 24 heavy (non-hydrogen) atoms. The highest BCUT2D eigenvalue weighted by Crippen LogP contribution is 2.38. The summed E-state index contributed by atoms with van der Waals surface area (Å²) in [6.45, 7) is 2.59. The Bertz CT molecular complexity index is 644. The lowest BCUT2D eigenvalue weighted by atomic mass is 10.1. The fraction of sp³-hybridized carbons (Fsp3) is 0.529. The summed E-state index contributed by atoms with van der Waals surface area (Å²) in [4.78, 5) is 23.7. The summed E-state index contributed by atoms with van der Waals surface area (Å²) in [6, 6.07) is 3.48. The molecule has 1 aliphatic carbocycles. The van der Waals surface area contributed by atoms with Crippen LogP contribution in [0.5, 0.6) is 11.5 Å². The maximum absolute atomic E-state index is 11.9. The number of ether oxygens (including phenoxy) is 3. The highest BCUT2D eigenvalue weighted by molar-refractivity contribution is 6.32. The average molecular weight is 354 g/mol. The van der Waals surface area contributed by atoms with Gasteiger partial charge in [-0.25, -0.2) is 0 Å². The number of benzene rings is 1. The zero-order valence-electron chi connectivity index (χ0n) is 13.5.